The Morgan fingerprint density at radius 1 is 0.302 bits per heavy atom. The fourth-order valence-electron chi connectivity index (χ4n) is 16.3. The second-order valence-corrected chi connectivity index (χ2v) is 28.3. The Morgan fingerprint density at radius 2 is 0.729 bits per heavy atom. The van der Waals surface area contributed by atoms with Gasteiger partial charge in [-0.1, -0.05) is 60.7 Å². The van der Waals surface area contributed by atoms with Crippen LogP contribution in [0.2, 0.25) is 0 Å². The van der Waals surface area contributed by atoms with Gasteiger partial charge >= 0.3 is 468 Å². The van der Waals surface area contributed by atoms with E-state index in [1.54, 1.807) is 4.90 Å². The Morgan fingerprint density at radius 3 is 1.26 bits per heavy atom. The van der Waals surface area contributed by atoms with Gasteiger partial charge in [0.05, 0.1) is 0 Å². The summed E-state index contributed by atoms with van der Waals surface area (Å²) < 4.78 is 5.49. The zero-order chi connectivity index (χ0) is 62.7. The van der Waals surface area contributed by atoms with Crippen molar-refractivity contribution in [3.8, 4) is 50.2 Å². The third-order valence-corrected chi connectivity index (χ3v) is 23.8. The van der Waals surface area contributed by atoms with Crippen LogP contribution in [0.3, 0.4) is 0 Å². The van der Waals surface area contributed by atoms with E-state index in [1.165, 1.54) is 112 Å². The van der Waals surface area contributed by atoms with Gasteiger partial charge in [-0.2, -0.15) is 9.98 Å². The fraction of sp³-hybridized carbons (Fsp3) is 0.0118. The first-order chi connectivity index (χ1) is 47.6. The number of aromatic nitrogens is 1. The molecule has 1 spiro atoms. The van der Waals surface area contributed by atoms with Crippen molar-refractivity contribution in [2.75, 3.05) is 4.90 Å². The maximum atomic E-state index is 5.21. The SMILES string of the molecule is c1ccc(C2=NC3=NC(c4ccccc4)=NC4=NC(c5ccc(N6c7cc(-c8ccccc8)c(-c8ccccc8)cc7B7c8cc9c(cc8[Te]c8c(-n%10c%11ccccc%11c%11ccccc%11%10)ccc6c87)C6(c7ccccc7-c7ccccc76)c6ccccc6-9)cc5)=NC(=N2)N34)cc1. The molecule has 96 heavy (non-hydrogen) atoms. The summed E-state index contributed by atoms with van der Waals surface area (Å²) >= 11 is -1.19. The molecule has 444 valence electrons. The third kappa shape index (κ3) is 7.63. The van der Waals surface area contributed by atoms with E-state index in [9.17, 15) is 0 Å². The first kappa shape index (κ1) is 53.6. The van der Waals surface area contributed by atoms with Crippen molar-refractivity contribution < 1.29 is 0 Å². The molecule has 21 rings (SSSR count). The monoisotopic (exact) mass is 1340 g/mol. The van der Waals surface area contributed by atoms with Crippen LogP contribution in [-0.2, 0) is 5.41 Å². The average molecular weight is 1340 g/mol. The molecular weight excluding hydrogens is 1290 g/mol. The molecule has 7 aliphatic rings. The molecular formula is C85H50BN9Te. The van der Waals surface area contributed by atoms with Crippen molar-refractivity contribution >= 4 is 126 Å². The van der Waals surface area contributed by atoms with Gasteiger partial charge in [0.25, 0.3) is 0 Å². The Balaban J connectivity index is 0.814. The number of rotatable bonds is 7. The minimum atomic E-state index is -1.19. The van der Waals surface area contributed by atoms with Crippen LogP contribution in [0, 0.1) is 0 Å². The first-order valence-corrected chi connectivity index (χ1v) is 34.9. The average Bonchev–Trinajstić information content (AvgIpc) is 1.45. The molecule has 11 heteroatoms. The minimum Gasteiger partial charge on any atom is -0.0615 e. The third-order valence-electron chi connectivity index (χ3n) is 20.3. The van der Waals surface area contributed by atoms with Crippen molar-refractivity contribution in [1.82, 2.24) is 9.47 Å². The summed E-state index contributed by atoms with van der Waals surface area (Å²) in [5.74, 6) is 2.75. The van der Waals surface area contributed by atoms with Crippen molar-refractivity contribution in [3.05, 3.63) is 342 Å². The summed E-state index contributed by atoms with van der Waals surface area (Å²) in [6.45, 7) is -0.145. The number of benzene rings is 13. The molecule has 14 aromatic rings. The van der Waals surface area contributed by atoms with Crippen LogP contribution < -0.4 is 28.5 Å². The molecule has 9 nitrogen and oxygen atoms in total. The number of amidine groups is 3. The van der Waals surface area contributed by atoms with E-state index < -0.39 is 26.3 Å². The molecule has 13 aromatic carbocycles. The number of para-hydroxylation sites is 2. The van der Waals surface area contributed by atoms with Gasteiger partial charge in [0.2, 0.25) is 5.96 Å². The zero-order valence-corrected chi connectivity index (χ0v) is 53.7. The Hall–Kier alpha value is -11.9. The predicted molar refractivity (Wildman–Crippen MR) is 395 cm³/mol. The van der Waals surface area contributed by atoms with Gasteiger partial charge in [-0.05, 0) is 0 Å². The Bertz CT molecular complexity index is 5790. The van der Waals surface area contributed by atoms with Crippen molar-refractivity contribution in [1.29, 1.82) is 0 Å². The number of nitrogens with zero attached hydrogens (tertiary/aromatic N) is 9. The fourth-order valence-corrected chi connectivity index (χ4v) is 20.0. The van der Waals surface area contributed by atoms with Crippen LogP contribution in [0.15, 0.2) is 333 Å². The molecule has 6 heterocycles. The molecule has 0 saturated carbocycles. The first-order valence-electron chi connectivity index (χ1n) is 32.5. The molecule has 0 N–H and O–H groups in total. The number of guanidine groups is 3. The molecule has 0 radical (unpaired) electrons. The molecule has 0 bridgehead atoms. The second-order valence-electron chi connectivity index (χ2n) is 25.3. The smallest absolute Gasteiger partial charge is 0.0615 e. The van der Waals surface area contributed by atoms with E-state index in [1.807, 2.05) is 60.7 Å². The summed E-state index contributed by atoms with van der Waals surface area (Å²) in [6.07, 6.45) is 0. The maximum absolute atomic E-state index is 5.21. The van der Waals surface area contributed by atoms with Gasteiger partial charge in [0.1, 0.15) is 0 Å². The van der Waals surface area contributed by atoms with Crippen molar-refractivity contribution in [2.24, 2.45) is 30.0 Å². The molecule has 0 fully saturated rings. The van der Waals surface area contributed by atoms with Gasteiger partial charge in [-0.15, -0.1) is 0 Å². The van der Waals surface area contributed by atoms with E-state index in [2.05, 4.69) is 252 Å². The van der Waals surface area contributed by atoms with Gasteiger partial charge < -0.3 is 0 Å². The number of aliphatic imine (C=N–C) groups is 6. The van der Waals surface area contributed by atoms with Gasteiger partial charge in [0.15, 0.2) is 11.7 Å². The topological polar surface area (TPSA) is 85.6 Å². The van der Waals surface area contributed by atoms with Crippen LogP contribution in [0.25, 0.3) is 72.0 Å². The van der Waals surface area contributed by atoms with E-state index in [0.717, 1.165) is 39.2 Å². The van der Waals surface area contributed by atoms with E-state index in [-0.39, 0.29) is 6.71 Å². The van der Waals surface area contributed by atoms with E-state index in [4.69, 9.17) is 30.0 Å². The number of fused-ring (bicyclic) bond motifs is 17. The quantitative estimate of drug-likeness (QED) is 0.149. The van der Waals surface area contributed by atoms with Crippen LogP contribution in [0.1, 0.15) is 38.9 Å². The molecule has 0 unspecified atom stereocenters. The van der Waals surface area contributed by atoms with Crippen LogP contribution >= 0.6 is 0 Å². The van der Waals surface area contributed by atoms with Crippen LogP contribution in [-0.4, -0.2) is 72.5 Å². The van der Waals surface area contributed by atoms with Crippen molar-refractivity contribution in [2.45, 2.75) is 5.41 Å². The summed E-state index contributed by atoms with van der Waals surface area (Å²) in [7, 11) is 0. The summed E-state index contributed by atoms with van der Waals surface area (Å²) in [5.41, 5.74) is 28.4. The summed E-state index contributed by atoms with van der Waals surface area (Å²) in [5, 5.41) is 2.49. The van der Waals surface area contributed by atoms with E-state index >= 15 is 0 Å². The number of anilines is 3. The predicted octanol–water partition coefficient (Wildman–Crippen LogP) is 14.8. The van der Waals surface area contributed by atoms with Gasteiger partial charge in [-0.25, -0.2) is 0 Å². The van der Waals surface area contributed by atoms with Crippen LogP contribution in [0.5, 0.6) is 0 Å². The standard InChI is InChI=1S/C85H50BN9Te/c1-5-23-51(24-6-1)62-47-69-75(49-63(62)52-25-7-2-8-26-52)93(56-43-41-55(42-44-56)81-91-83-89-79(53-27-9-3-10-28-53)87-82-88-80(54-29-11-4-12-30-54)90-84(92-81)95(82)83)73-45-46-74(94-71-39-21-16-34-60(71)61-35-17-22-40-72(61)94)78-77(73)86(69)70-48-64-59-33-15-20-38-67(59)85(68(64)50-76(70)96-78)65-36-18-13-31-57(65)58-32-14-19-37-66(58)85/h1-50H. The van der Waals surface area contributed by atoms with E-state index in [0.29, 0.717) is 35.4 Å². The van der Waals surface area contributed by atoms with Crippen molar-refractivity contribution in [3.63, 3.8) is 0 Å². The van der Waals surface area contributed by atoms with Gasteiger partial charge in [0, 0.05) is 11.1 Å². The van der Waals surface area contributed by atoms with Gasteiger partial charge in [-0.3, -0.25) is 0 Å². The summed E-state index contributed by atoms with van der Waals surface area (Å²) in [6, 6.07) is 112. The Labute approximate surface area is 563 Å². The number of hydrogen-bond acceptors (Lipinski definition) is 8. The summed E-state index contributed by atoms with van der Waals surface area (Å²) in [4.78, 5) is 34.8. The van der Waals surface area contributed by atoms with Crippen LogP contribution in [0.4, 0.5) is 17.1 Å². The second kappa shape index (κ2) is 20.6. The Kier molecular flexibility index (Phi) is 11.5. The molecule has 2 aliphatic carbocycles. The normalized spacial score (nSPS) is 15.2. The molecule has 5 aliphatic heterocycles. The molecule has 1 aromatic heterocycles. The number of hydrogen-bond donors (Lipinski definition) is 0. The molecule has 0 atom stereocenters. The minimum absolute atomic E-state index is 0.145. The zero-order valence-electron chi connectivity index (χ0n) is 51.4. The molecule has 0 saturated heterocycles. The molecule has 0 amide bonds.